The van der Waals surface area contributed by atoms with E-state index in [0.717, 1.165) is 16.8 Å². The normalized spacial score (nSPS) is 15.2. The number of halogens is 4. The van der Waals surface area contributed by atoms with E-state index in [-0.39, 0.29) is 48.4 Å². The Morgan fingerprint density at radius 1 is 1.00 bits per heavy atom. The van der Waals surface area contributed by atoms with E-state index in [1.807, 2.05) is 0 Å². The van der Waals surface area contributed by atoms with E-state index in [9.17, 15) is 27.2 Å². The Balaban J connectivity index is 1.25. The summed E-state index contributed by atoms with van der Waals surface area (Å²) in [6.45, 7) is 0.548. The number of nitriles is 1. The summed E-state index contributed by atoms with van der Waals surface area (Å²) >= 11 is 0. The predicted molar refractivity (Wildman–Crippen MR) is 138 cm³/mol. The topological polar surface area (TPSA) is 95.1 Å². The number of aromatic nitrogens is 3. The smallest absolute Gasteiger partial charge is 0.274 e. The number of hydrogen-bond donors (Lipinski definition) is 0. The van der Waals surface area contributed by atoms with Gasteiger partial charge in [0.1, 0.15) is 11.9 Å². The summed E-state index contributed by atoms with van der Waals surface area (Å²) in [7, 11) is 0. The second kappa shape index (κ2) is 10.2. The first-order valence-electron chi connectivity index (χ1n) is 12.7. The van der Waals surface area contributed by atoms with E-state index < -0.39 is 29.2 Å². The summed E-state index contributed by atoms with van der Waals surface area (Å²) in [5.41, 5.74) is 1.64. The molecule has 0 N–H and O–H groups in total. The van der Waals surface area contributed by atoms with Crippen molar-refractivity contribution in [1.29, 1.82) is 5.26 Å². The van der Waals surface area contributed by atoms with Gasteiger partial charge in [-0.2, -0.15) is 10.4 Å². The van der Waals surface area contributed by atoms with Crippen LogP contribution in [0.2, 0.25) is 0 Å². The first-order chi connectivity index (χ1) is 19.7. The fourth-order valence-corrected chi connectivity index (χ4v) is 5.40. The Bertz CT molecular complexity index is 1720. The summed E-state index contributed by atoms with van der Waals surface area (Å²) in [5.74, 6) is -5.74. The summed E-state index contributed by atoms with van der Waals surface area (Å²) in [6.07, 6.45) is 3.95. The number of carbonyl (C=O) groups is 2. The number of amides is 2. The molecule has 0 spiro atoms. The molecular formula is C29H20F4N6O2. The molecule has 2 aromatic heterocycles. The lowest BCUT2D eigenvalue weighted by atomic mass is 10.0. The molecule has 2 aliphatic heterocycles. The third-order valence-corrected chi connectivity index (χ3v) is 7.37. The SMILES string of the molecule is N#Cc1cc2c(cc1F)N(C1CCN(C(=O)c3cc(-c4cccnc4)n(-c4cc(F)c(F)c(F)c4)n3)CC1)C(=O)C2. The number of rotatable bonds is 4. The van der Waals surface area contributed by atoms with Crippen molar-refractivity contribution in [3.8, 4) is 23.0 Å². The van der Waals surface area contributed by atoms with E-state index in [0.29, 0.717) is 35.3 Å². The molecule has 2 aromatic carbocycles. The van der Waals surface area contributed by atoms with Crippen molar-refractivity contribution in [3.05, 3.63) is 94.9 Å². The Morgan fingerprint density at radius 2 is 1.73 bits per heavy atom. The van der Waals surface area contributed by atoms with Crippen molar-refractivity contribution in [2.24, 2.45) is 0 Å². The molecule has 8 nitrogen and oxygen atoms in total. The van der Waals surface area contributed by atoms with E-state index in [2.05, 4.69) is 10.1 Å². The van der Waals surface area contributed by atoms with Gasteiger partial charge < -0.3 is 9.80 Å². The maximum atomic E-state index is 14.3. The number of nitrogens with zero attached hydrogens (tertiary/aromatic N) is 6. The van der Waals surface area contributed by atoms with Crippen LogP contribution in [0, 0.1) is 34.6 Å². The predicted octanol–water partition coefficient (Wildman–Crippen LogP) is 4.56. The Morgan fingerprint density at radius 3 is 2.39 bits per heavy atom. The van der Waals surface area contributed by atoms with Gasteiger partial charge >= 0.3 is 0 Å². The van der Waals surface area contributed by atoms with Gasteiger partial charge in [-0.25, -0.2) is 22.2 Å². The van der Waals surface area contributed by atoms with Crippen molar-refractivity contribution in [2.45, 2.75) is 25.3 Å². The molecule has 0 atom stereocenters. The van der Waals surface area contributed by atoms with Crippen LogP contribution >= 0.6 is 0 Å². The van der Waals surface area contributed by atoms with E-state index in [1.165, 1.54) is 30.6 Å². The molecule has 1 saturated heterocycles. The number of anilines is 1. The van der Waals surface area contributed by atoms with Crippen LogP contribution in [0.3, 0.4) is 0 Å². The third-order valence-electron chi connectivity index (χ3n) is 7.37. The number of piperidine rings is 1. The van der Waals surface area contributed by atoms with Crippen LogP contribution in [0.1, 0.15) is 34.5 Å². The van der Waals surface area contributed by atoms with Gasteiger partial charge in [-0.05, 0) is 48.7 Å². The van der Waals surface area contributed by atoms with Crippen molar-refractivity contribution >= 4 is 17.5 Å². The average molecular weight is 561 g/mol. The van der Waals surface area contributed by atoms with Crippen LogP contribution in [0.15, 0.2) is 54.9 Å². The van der Waals surface area contributed by atoms with Gasteiger partial charge in [-0.15, -0.1) is 0 Å². The summed E-state index contributed by atoms with van der Waals surface area (Å²) in [6, 6.07) is 10.5. The van der Waals surface area contributed by atoms with Crippen LogP contribution in [0.25, 0.3) is 16.9 Å². The molecule has 4 heterocycles. The standard InChI is InChI=1S/C29H20F4N6O2/c30-21-12-25-17(8-18(21)14-34)9-27(40)38(25)19-3-6-37(7-4-19)29(41)24-13-26(16-2-1-5-35-15-16)39(36-24)20-10-22(31)28(33)23(32)11-20/h1-2,5,8,10-13,15,19H,3-4,6-7,9H2. The molecule has 0 saturated carbocycles. The van der Waals surface area contributed by atoms with Gasteiger partial charge in [0.25, 0.3) is 5.91 Å². The van der Waals surface area contributed by atoms with Crippen LogP contribution < -0.4 is 4.90 Å². The van der Waals surface area contributed by atoms with Gasteiger partial charge in [0.2, 0.25) is 5.91 Å². The molecule has 2 aliphatic rings. The second-order valence-corrected chi connectivity index (χ2v) is 9.83. The zero-order chi connectivity index (χ0) is 28.8. The minimum atomic E-state index is -1.62. The first-order valence-corrected chi connectivity index (χ1v) is 12.7. The van der Waals surface area contributed by atoms with E-state index in [4.69, 9.17) is 5.26 Å². The van der Waals surface area contributed by atoms with Crippen molar-refractivity contribution in [1.82, 2.24) is 19.7 Å². The molecule has 0 aliphatic carbocycles. The lowest BCUT2D eigenvalue weighted by Gasteiger charge is -2.36. The van der Waals surface area contributed by atoms with Crippen LogP contribution in [-0.2, 0) is 11.2 Å². The van der Waals surface area contributed by atoms with Crippen LogP contribution in [-0.4, -0.2) is 50.6 Å². The molecule has 41 heavy (non-hydrogen) atoms. The zero-order valence-corrected chi connectivity index (χ0v) is 21.3. The lowest BCUT2D eigenvalue weighted by Crippen LogP contribution is -2.48. The van der Waals surface area contributed by atoms with Gasteiger partial charge in [0.15, 0.2) is 23.1 Å². The maximum Gasteiger partial charge on any atom is 0.274 e. The van der Waals surface area contributed by atoms with E-state index >= 15 is 0 Å². The average Bonchev–Trinajstić information content (AvgIpc) is 3.56. The number of likely N-dealkylation sites (tertiary alicyclic amines) is 1. The molecule has 206 valence electrons. The fourth-order valence-electron chi connectivity index (χ4n) is 5.40. The van der Waals surface area contributed by atoms with Gasteiger partial charge in [0, 0.05) is 49.2 Å². The van der Waals surface area contributed by atoms with Gasteiger partial charge in [-0.1, -0.05) is 0 Å². The number of hydrogen-bond acceptors (Lipinski definition) is 5. The van der Waals surface area contributed by atoms with Gasteiger partial charge in [0.05, 0.1) is 29.1 Å². The lowest BCUT2D eigenvalue weighted by molar-refractivity contribution is -0.118. The molecule has 2 amide bonds. The highest BCUT2D eigenvalue weighted by molar-refractivity contribution is 6.02. The monoisotopic (exact) mass is 560 g/mol. The molecular weight excluding hydrogens is 540 g/mol. The quantitative estimate of drug-likeness (QED) is 0.270. The highest BCUT2D eigenvalue weighted by atomic mass is 19.2. The Hall–Kier alpha value is -5.05. The van der Waals surface area contributed by atoms with Gasteiger partial charge in [-0.3, -0.25) is 14.6 Å². The van der Waals surface area contributed by atoms with E-state index in [1.54, 1.807) is 28.0 Å². The number of fused-ring (bicyclic) bond motifs is 1. The highest BCUT2D eigenvalue weighted by Gasteiger charge is 2.37. The minimum absolute atomic E-state index is 0.00106. The molecule has 4 aromatic rings. The Labute approximate surface area is 231 Å². The third kappa shape index (κ3) is 4.59. The number of benzene rings is 2. The zero-order valence-electron chi connectivity index (χ0n) is 21.3. The van der Waals surface area contributed by atoms with Crippen molar-refractivity contribution in [2.75, 3.05) is 18.0 Å². The molecule has 6 rings (SSSR count). The molecule has 12 heteroatoms. The maximum absolute atomic E-state index is 14.3. The largest absolute Gasteiger partial charge is 0.337 e. The highest BCUT2D eigenvalue weighted by Crippen LogP contribution is 2.35. The van der Waals surface area contributed by atoms with Crippen LogP contribution in [0.5, 0.6) is 0 Å². The molecule has 0 radical (unpaired) electrons. The first kappa shape index (κ1) is 26.2. The van der Waals surface area contributed by atoms with Crippen LogP contribution in [0.4, 0.5) is 23.2 Å². The van der Waals surface area contributed by atoms with Crippen molar-refractivity contribution < 1.29 is 27.2 Å². The Kier molecular flexibility index (Phi) is 6.49. The summed E-state index contributed by atoms with van der Waals surface area (Å²) in [4.78, 5) is 33.5. The summed E-state index contributed by atoms with van der Waals surface area (Å²) < 4.78 is 57.2. The summed E-state index contributed by atoms with van der Waals surface area (Å²) in [5, 5.41) is 13.4. The second-order valence-electron chi connectivity index (χ2n) is 9.83. The minimum Gasteiger partial charge on any atom is -0.337 e. The molecule has 1 fully saturated rings. The fraction of sp³-hybridized carbons (Fsp3) is 0.207. The number of pyridine rings is 1. The number of carbonyl (C=O) groups excluding carboxylic acids is 2. The molecule has 0 bridgehead atoms. The van der Waals surface area contributed by atoms with Crippen molar-refractivity contribution in [3.63, 3.8) is 0 Å². The molecule has 0 unspecified atom stereocenters.